The molecule has 0 radical (unpaired) electrons. The van der Waals surface area contributed by atoms with E-state index < -0.39 is 11.5 Å². The monoisotopic (exact) mass is 256 g/mol. The molecular formula is C13H24N2O3. The zero-order valence-electron chi connectivity index (χ0n) is 11.5. The summed E-state index contributed by atoms with van der Waals surface area (Å²) in [4.78, 5) is 25.0. The number of nitrogens with two attached hydrogens (primary N) is 1. The van der Waals surface area contributed by atoms with Crippen molar-refractivity contribution >= 4 is 11.9 Å². The van der Waals surface area contributed by atoms with Crippen LogP contribution in [-0.4, -0.2) is 41.0 Å². The second-order valence-electron chi connectivity index (χ2n) is 5.65. The first-order chi connectivity index (χ1) is 8.32. The Balaban J connectivity index is 2.82. The van der Waals surface area contributed by atoms with Gasteiger partial charge in [0.2, 0.25) is 5.91 Å². The third-order valence-corrected chi connectivity index (χ3v) is 4.22. The summed E-state index contributed by atoms with van der Waals surface area (Å²) in [6.45, 7) is 3.60. The Kier molecular flexibility index (Phi) is 4.73. The van der Waals surface area contributed by atoms with Gasteiger partial charge in [-0.15, -0.1) is 0 Å². The molecule has 1 rings (SSSR count). The number of hydrogen-bond donors (Lipinski definition) is 2. The molecule has 0 aliphatic heterocycles. The lowest BCUT2D eigenvalue weighted by atomic mass is 9.78. The highest BCUT2D eigenvalue weighted by molar-refractivity contribution is 5.87. The van der Waals surface area contributed by atoms with Crippen LogP contribution in [0, 0.1) is 11.8 Å². The Labute approximate surface area is 108 Å². The van der Waals surface area contributed by atoms with Crippen molar-refractivity contribution in [2.45, 2.75) is 45.1 Å². The van der Waals surface area contributed by atoms with Crippen molar-refractivity contribution in [3.8, 4) is 0 Å². The number of aliphatic carboxylic acids is 1. The first-order valence-corrected chi connectivity index (χ1v) is 6.53. The Hall–Kier alpha value is -1.10. The van der Waals surface area contributed by atoms with Gasteiger partial charge in [-0.25, -0.2) is 4.79 Å². The molecule has 104 valence electrons. The predicted octanol–water partition coefficient (Wildman–Crippen LogP) is 1.07. The van der Waals surface area contributed by atoms with Crippen molar-refractivity contribution in [1.29, 1.82) is 0 Å². The molecule has 18 heavy (non-hydrogen) atoms. The number of carboxylic acids is 1. The van der Waals surface area contributed by atoms with Crippen molar-refractivity contribution in [3.05, 3.63) is 0 Å². The molecule has 0 aromatic heterocycles. The van der Waals surface area contributed by atoms with Gasteiger partial charge < -0.3 is 15.7 Å². The van der Waals surface area contributed by atoms with E-state index >= 15 is 0 Å². The van der Waals surface area contributed by atoms with Crippen LogP contribution in [0.1, 0.15) is 39.5 Å². The van der Waals surface area contributed by atoms with Gasteiger partial charge in [-0.1, -0.05) is 12.8 Å². The van der Waals surface area contributed by atoms with Crippen LogP contribution in [0.25, 0.3) is 0 Å². The molecular weight excluding hydrogens is 232 g/mol. The molecule has 0 spiro atoms. The summed E-state index contributed by atoms with van der Waals surface area (Å²) in [5, 5.41) is 9.16. The molecule has 1 amide bonds. The number of rotatable bonds is 4. The maximum Gasteiger partial charge on any atom is 0.329 e. The van der Waals surface area contributed by atoms with Gasteiger partial charge in [-0.2, -0.15) is 0 Å². The molecule has 1 saturated carbocycles. The Morgan fingerprint density at radius 2 is 1.89 bits per heavy atom. The third kappa shape index (κ3) is 2.83. The van der Waals surface area contributed by atoms with Gasteiger partial charge in [0.25, 0.3) is 0 Å². The van der Waals surface area contributed by atoms with E-state index in [9.17, 15) is 9.59 Å². The van der Waals surface area contributed by atoms with Crippen molar-refractivity contribution in [2.24, 2.45) is 17.6 Å². The molecule has 2 unspecified atom stereocenters. The van der Waals surface area contributed by atoms with Crippen molar-refractivity contribution in [2.75, 3.05) is 13.6 Å². The number of carbonyl (C=O) groups excluding carboxylic acids is 1. The average Bonchev–Trinajstić information content (AvgIpc) is 2.36. The number of carbonyl (C=O) groups is 2. The second-order valence-corrected chi connectivity index (χ2v) is 5.65. The fourth-order valence-electron chi connectivity index (χ4n) is 2.48. The van der Waals surface area contributed by atoms with Crippen LogP contribution in [-0.2, 0) is 9.59 Å². The highest BCUT2D eigenvalue weighted by Crippen LogP contribution is 2.32. The van der Waals surface area contributed by atoms with Gasteiger partial charge in [0.05, 0.1) is 0 Å². The van der Waals surface area contributed by atoms with E-state index in [-0.39, 0.29) is 17.7 Å². The van der Waals surface area contributed by atoms with E-state index in [1.807, 2.05) is 0 Å². The van der Waals surface area contributed by atoms with Crippen LogP contribution < -0.4 is 5.73 Å². The maximum absolute atomic E-state index is 12.4. The van der Waals surface area contributed by atoms with Gasteiger partial charge in [-0.05, 0) is 39.2 Å². The minimum absolute atomic E-state index is 0.0856. The van der Waals surface area contributed by atoms with E-state index in [0.29, 0.717) is 6.54 Å². The van der Waals surface area contributed by atoms with Crippen LogP contribution in [0.3, 0.4) is 0 Å². The van der Waals surface area contributed by atoms with Crippen LogP contribution in [0.5, 0.6) is 0 Å². The van der Waals surface area contributed by atoms with Crippen LogP contribution in [0.4, 0.5) is 0 Å². The van der Waals surface area contributed by atoms with Gasteiger partial charge in [0, 0.05) is 13.0 Å². The molecule has 0 heterocycles. The first-order valence-electron chi connectivity index (χ1n) is 6.53. The molecule has 1 aliphatic carbocycles. The quantitative estimate of drug-likeness (QED) is 0.788. The number of nitrogens with zero attached hydrogens (tertiary/aromatic N) is 1. The fraction of sp³-hybridized carbons (Fsp3) is 0.846. The van der Waals surface area contributed by atoms with E-state index in [2.05, 4.69) is 0 Å². The molecule has 1 aliphatic rings. The molecule has 0 saturated heterocycles. The van der Waals surface area contributed by atoms with E-state index in [1.165, 1.54) is 4.90 Å². The lowest BCUT2D eigenvalue weighted by Crippen LogP contribution is -2.54. The predicted molar refractivity (Wildman–Crippen MR) is 69.0 cm³/mol. The van der Waals surface area contributed by atoms with Crippen molar-refractivity contribution < 1.29 is 14.7 Å². The lowest BCUT2D eigenvalue weighted by molar-refractivity contribution is -0.158. The maximum atomic E-state index is 12.4. The van der Waals surface area contributed by atoms with Crippen LogP contribution >= 0.6 is 0 Å². The number of carboxylic acid groups (broad SMARTS) is 1. The number of hydrogen-bond acceptors (Lipinski definition) is 3. The Morgan fingerprint density at radius 3 is 2.39 bits per heavy atom. The molecule has 5 heteroatoms. The molecule has 2 atom stereocenters. The lowest BCUT2D eigenvalue weighted by Gasteiger charge is -2.38. The standard InChI is InChI=1S/C13H24N2O3/c1-13(2,12(17)18)15(3)11(16)10-7-5-4-6-9(10)8-14/h9-10H,4-8,14H2,1-3H3,(H,17,18). The Bertz CT molecular complexity index is 328. The van der Waals surface area contributed by atoms with Crippen LogP contribution in [0.2, 0.25) is 0 Å². The topological polar surface area (TPSA) is 83.6 Å². The first kappa shape index (κ1) is 15.0. The van der Waals surface area contributed by atoms with Crippen molar-refractivity contribution in [1.82, 2.24) is 4.90 Å². The van der Waals surface area contributed by atoms with Crippen LogP contribution in [0.15, 0.2) is 0 Å². The zero-order chi connectivity index (χ0) is 13.9. The van der Waals surface area contributed by atoms with E-state index in [4.69, 9.17) is 10.8 Å². The number of likely N-dealkylation sites (N-methyl/N-ethyl adjacent to an activating group) is 1. The van der Waals surface area contributed by atoms with Gasteiger partial charge in [0.1, 0.15) is 5.54 Å². The summed E-state index contributed by atoms with van der Waals surface area (Å²) in [5.41, 5.74) is 4.54. The number of amides is 1. The highest BCUT2D eigenvalue weighted by Gasteiger charge is 2.40. The summed E-state index contributed by atoms with van der Waals surface area (Å²) in [5.74, 6) is -0.998. The largest absolute Gasteiger partial charge is 0.480 e. The third-order valence-electron chi connectivity index (χ3n) is 4.22. The highest BCUT2D eigenvalue weighted by atomic mass is 16.4. The smallest absolute Gasteiger partial charge is 0.329 e. The molecule has 1 fully saturated rings. The molecule has 3 N–H and O–H groups in total. The SMILES string of the molecule is CN(C(=O)C1CCCCC1CN)C(C)(C)C(=O)O. The molecule has 0 bridgehead atoms. The van der Waals surface area contributed by atoms with Gasteiger partial charge >= 0.3 is 5.97 Å². The summed E-state index contributed by atoms with van der Waals surface area (Å²) >= 11 is 0. The Morgan fingerprint density at radius 1 is 1.33 bits per heavy atom. The minimum atomic E-state index is -1.17. The van der Waals surface area contributed by atoms with E-state index in [0.717, 1.165) is 25.7 Å². The average molecular weight is 256 g/mol. The van der Waals surface area contributed by atoms with Crippen molar-refractivity contribution in [3.63, 3.8) is 0 Å². The zero-order valence-corrected chi connectivity index (χ0v) is 11.5. The van der Waals surface area contributed by atoms with E-state index in [1.54, 1.807) is 20.9 Å². The summed E-state index contributed by atoms with van der Waals surface area (Å²) in [6, 6.07) is 0. The van der Waals surface area contributed by atoms with Gasteiger partial charge in [-0.3, -0.25) is 4.79 Å². The molecule has 5 nitrogen and oxygen atoms in total. The normalized spacial score (nSPS) is 24.7. The summed E-state index contributed by atoms with van der Waals surface area (Å²) in [7, 11) is 1.57. The second kappa shape index (κ2) is 5.69. The summed E-state index contributed by atoms with van der Waals surface area (Å²) < 4.78 is 0. The summed E-state index contributed by atoms with van der Waals surface area (Å²) in [6.07, 6.45) is 3.92. The molecule has 0 aromatic carbocycles. The minimum Gasteiger partial charge on any atom is -0.480 e. The fourth-order valence-corrected chi connectivity index (χ4v) is 2.48. The molecule has 0 aromatic rings. The van der Waals surface area contributed by atoms with Gasteiger partial charge in [0.15, 0.2) is 0 Å².